The van der Waals surface area contributed by atoms with Crippen LogP contribution < -0.4 is 0 Å². The van der Waals surface area contributed by atoms with Gasteiger partial charge in [0.25, 0.3) is 0 Å². The Kier molecular flexibility index (Phi) is 7.18. The second-order valence-corrected chi connectivity index (χ2v) is 4.92. The van der Waals surface area contributed by atoms with E-state index >= 15 is 0 Å². The maximum atomic E-state index is 8.64. The topological polar surface area (TPSA) is 45.5 Å². The number of hydrogen-bond acceptors (Lipinski definition) is 4. The lowest BCUT2D eigenvalue weighted by Crippen LogP contribution is -2.34. The predicted octanol–water partition coefficient (Wildman–Crippen LogP) is 2.01. The van der Waals surface area contributed by atoms with Gasteiger partial charge in [0.2, 0.25) is 0 Å². The normalized spacial score (nSPS) is 17.6. The molecule has 0 spiro atoms. The average Bonchev–Trinajstić information content (AvgIpc) is 2.33. The van der Waals surface area contributed by atoms with E-state index in [4.69, 9.17) is 14.7 Å². The molecule has 1 fully saturated rings. The smallest absolute Gasteiger partial charge is 0.158 e. The van der Waals surface area contributed by atoms with E-state index in [0.29, 0.717) is 12.3 Å². The van der Waals surface area contributed by atoms with Crippen LogP contribution >= 0.6 is 0 Å². The largest absolute Gasteiger partial charge is 0.353 e. The van der Waals surface area contributed by atoms with Gasteiger partial charge in [-0.05, 0) is 12.3 Å². The Morgan fingerprint density at radius 2 is 2.00 bits per heavy atom. The van der Waals surface area contributed by atoms with E-state index in [0.717, 1.165) is 45.7 Å². The third-order valence-corrected chi connectivity index (χ3v) is 2.74. The number of hydrogen-bond donors (Lipinski definition) is 0. The van der Waals surface area contributed by atoms with Gasteiger partial charge in [-0.3, -0.25) is 0 Å². The SMILES string of the molecule is CC(C)CN(CCC#N)CCC1OCCCO1. The first-order valence-electron chi connectivity index (χ1n) is 6.55. The molecule has 1 rings (SSSR count). The van der Waals surface area contributed by atoms with Gasteiger partial charge in [0.15, 0.2) is 6.29 Å². The van der Waals surface area contributed by atoms with Crippen molar-refractivity contribution >= 4 is 0 Å². The summed E-state index contributed by atoms with van der Waals surface area (Å²) in [7, 11) is 0. The molecule has 1 aliphatic heterocycles. The average molecular weight is 240 g/mol. The molecule has 1 aliphatic rings. The molecule has 0 aromatic rings. The third kappa shape index (κ3) is 6.62. The molecular weight excluding hydrogens is 216 g/mol. The molecule has 0 amide bonds. The maximum absolute atomic E-state index is 8.64. The quantitative estimate of drug-likeness (QED) is 0.683. The first-order valence-corrected chi connectivity index (χ1v) is 6.55. The van der Waals surface area contributed by atoms with Gasteiger partial charge in [-0.25, -0.2) is 0 Å². The number of ether oxygens (including phenoxy) is 2. The van der Waals surface area contributed by atoms with Gasteiger partial charge in [-0.15, -0.1) is 0 Å². The third-order valence-electron chi connectivity index (χ3n) is 2.74. The highest BCUT2D eigenvalue weighted by Crippen LogP contribution is 2.10. The van der Waals surface area contributed by atoms with Crippen LogP contribution in [0.5, 0.6) is 0 Å². The molecule has 17 heavy (non-hydrogen) atoms. The Labute approximate surface area is 104 Å². The van der Waals surface area contributed by atoms with Crippen LogP contribution in [0.15, 0.2) is 0 Å². The van der Waals surface area contributed by atoms with Crippen molar-refractivity contribution in [1.82, 2.24) is 4.90 Å². The molecule has 1 saturated heterocycles. The highest BCUT2D eigenvalue weighted by Gasteiger charge is 2.16. The zero-order valence-electron chi connectivity index (χ0n) is 11.0. The van der Waals surface area contributed by atoms with Gasteiger partial charge >= 0.3 is 0 Å². The van der Waals surface area contributed by atoms with Crippen LogP contribution in [0.25, 0.3) is 0 Å². The van der Waals surface area contributed by atoms with Crippen LogP contribution in [0, 0.1) is 17.2 Å². The van der Waals surface area contributed by atoms with E-state index in [1.165, 1.54) is 0 Å². The second-order valence-electron chi connectivity index (χ2n) is 4.92. The fourth-order valence-corrected chi connectivity index (χ4v) is 2.01. The molecule has 0 unspecified atom stereocenters. The van der Waals surface area contributed by atoms with E-state index in [-0.39, 0.29) is 6.29 Å². The molecule has 4 nitrogen and oxygen atoms in total. The van der Waals surface area contributed by atoms with Gasteiger partial charge in [-0.1, -0.05) is 13.8 Å². The second kappa shape index (κ2) is 8.46. The zero-order chi connectivity index (χ0) is 12.5. The monoisotopic (exact) mass is 240 g/mol. The molecule has 0 aromatic carbocycles. The molecule has 0 bridgehead atoms. The number of nitriles is 1. The van der Waals surface area contributed by atoms with Gasteiger partial charge < -0.3 is 14.4 Å². The van der Waals surface area contributed by atoms with E-state index in [9.17, 15) is 0 Å². The highest BCUT2D eigenvalue weighted by atomic mass is 16.7. The Morgan fingerprint density at radius 1 is 1.29 bits per heavy atom. The molecule has 0 N–H and O–H groups in total. The lowest BCUT2D eigenvalue weighted by molar-refractivity contribution is -0.182. The molecule has 0 atom stereocenters. The van der Waals surface area contributed by atoms with Crippen LogP contribution in [-0.4, -0.2) is 44.0 Å². The summed E-state index contributed by atoms with van der Waals surface area (Å²) in [6.45, 7) is 8.86. The van der Waals surface area contributed by atoms with Gasteiger partial charge in [-0.2, -0.15) is 5.26 Å². The maximum Gasteiger partial charge on any atom is 0.158 e. The Balaban J connectivity index is 2.24. The van der Waals surface area contributed by atoms with Crippen molar-refractivity contribution in [2.75, 3.05) is 32.8 Å². The summed E-state index contributed by atoms with van der Waals surface area (Å²) in [5.74, 6) is 0.627. The van der Waals surface area contributed by atoms with E-state index in [1.54, 1.807) is 0 Å². The summed E-state index contributed by atoms with van der Waals surface area (Å²) in [5, 5.41) is 8.64. The van der Waals surface area contributed by atoms with Crippen LogP contribution in [0.3, 0.4) is 0 Å². The van der Waals surface area contributed by atoms with Crippen molar-refractivity contribution in [3.05, 3.63) is 0 Å². The van der Waals surface area contributed by atoms with Crippen LogP contribution in [0.4, 0.5) is 0 Å². The fourth-order valence-electron chi connectivity index (χ4n) is 2.01. The molecule has 4 heteroatoms. The summed E-state index contributed by atoms with van der Waals surface area (Å²) >= 11 is 0. The number of rotatable bonds is 7. The van der Waals surface area contributed by atoms with Crippen molar-refractivity contribution in [2.24, 2.45) is 5.92 Å². The van der Waals surface area contributed by atoms with Crippen LogP contribution in [-0.2, 0) is 9.47 Å². The molecule has 1 heterocycles. The van der Waals surface area contributed by atoms with E-state index < -0.39 is 0 Å². The van der Waals surface area contributed by atoms with E-state index in [2.05, 4.69) is 24.8 Å². The lowest BCUT2D eigenvalue weighted by atomic mass is 10.2. The van der Waals surface area contributed by atoms with Crippen LogP contribution in [0.2, 0.25) is 0 Å². The van der Waals surface area contributed by atoms with Gasteiger partial charge in [0.05, 0.1) is 19.3 Å². The molecule has 0 aromatic heterocycles. The van der Waals surface area contributed by atoms with Crippen molar-refractivity contribution in [3.63, 3.8) is 0 Å². The minimum Gasteiger partial charge on any atom is -0.353 e. The lowest BCUT2D eigenvalue weighted by Gasteiger charge is -2.28. The molecular formula is C13H24N2O2. The van der Waals surface area contributed by atoms with E-state index in [1.807, 2.05) is 0 Å². The van der Waals surface area contributed by atoms with Crippen molar-refractivity contribution in [2.45, 2.75) is 39.4 Å². The zero-order valence-corrected chi connectivity index (χ0v) is 11.0. The number of nitrogens with zero attached hydrogens (tertiary/aromatic N) is 2. The Bertz CT molecular complexity index is 232. The summed E-state index contributed by atoms with van der Waals surface area (Å²) in [6.07, 6.45) is 2.46. The van der Waals surface area contributed by atoms with Gasteiger partial charge in [0, 0.05) is 32.5 Å². The Morgan fingerprint density at radius 3 is 2.59 bits per heavy atom. The minimum absolute atomic E-state index is 0.0412. The molecule has 0 aliphatic carbocycles. The molecule has 0 radical (unpaired) electrons. The Hall–Kier alpha value is -0.630. The van der Waals surface area contributed by atoms with Crippen molar-refractivity contribution < 1.29 is 9.47 Å². The van der Waals surface area contributed by atoms with Crippen LogP contribution in [0.1, 0.15) is 33.1 Å². The standard InChI is InChI=1S/C13H24N2O2/c1-12(2)11-15(7-3-6-14)8-5-13-16-9-4-10-17-13/h12-13H,3-5,7-11H2,1-2H3. The minimum atomic E-state index is -0.0412. The van der Waals surface area contributed by atoms with Crippen molar-refractivity contribution in [3.8, 4) is 6.07 Å². The summed E-state index contributed by atoms with van der Waals surface area (Å²) < 4.78 is 11.0. The summed E-state index contributed by atoms with van der Waals surface area (Å²) in [4.78, 5) is 2.33. The van der Waals surface area contributed by atoms with Crippen molar-refractivity contribution in [1.29, 1.82) is 5.26 Å². The predicted molar refractivity (Wildman–Crippen MR) is 66.4 cm³/mol. The first kappa shape index (κ1) is 14.4. The van der Waals surface area contributed by atoms with Gasteiger partial charge in [0.1, 0.15) is 0 Å². The summed E-state index contributed by atoms with van der Waals surface area (Å²) in [6, 6.07) is 2.21. The molecule has 98 valence electrons. The first-order chi connectivity index (χ1) is 8.22. The fraction of sp³-hybridized carbons (Fsp3) is 0.923. The molecule has 0 saturated carbocycles. The summed E-state index contributed by atoms with van der Waals surface area (Å²) in [5.41, 5.74) is 0. The highest BCUT2D eigenvalue weighted by molar-refractivity contribution is 4.73.